The second kappa shape index (κ2) is 5.09. The summed E-state index contributed by atoms with van der Waals surface area (Å²) >= 11 is 0. The zero-order chi connectivity index (χ0) is 12.2. The van der Waals surface area contributed by atoms with Gasteiger partial charge in [-0.1, -0.05) is 6.92 Å². The Bertz CT molecular complexity index is 390. The fourth-order valence-electron chi connectivity index (χ4n) is 1.39. The third-order valence-corrected chi connectivity index (χ3v) is 3.26. The molecule has 1 rings (SSSR count). The summed E-state index contributed by atoms with van der Waals surface area (Å²) in [4.78, 5) is 6.26. The van der Waals surface area contributed by atoms with E-state index in [1.54, 1.807) is 6.20 Å². The molecule has 0 aliphatic rings. The Labute approximate surface area is 97.7 Å². The predicted molar refractivity (Wildman–Crippen MR) is 64.8 cm³/mol. The minimum absolute atomic E-state index is 0.177. The van der Waals surface area contributed by atoms with Gasteiger partial charge < -0.3 is 0 Å². The number of hydrogen-bond donors (Lipinski definition) is 0. The molecule has 0 unspecified atom stereocenters. The van der Waals surface area contributed by atoms with E-state index >= 15 is 0 Å². The second-order valence-electron chi connectivity index (χ2n) is 4.68. The molecule has 16 heavy (non-hydrogen) atoms. The van der Waals surface area contributed by atoms with Gasteiger partial charge in [-0.05, 0) is 45.0 Å². The van der Waals surface area contributed by atoms with E-state index in [4.69, 9.17) is 5.26 Å². The van der Waals surface area contributed by atoms with E-state index in [-0.39, 0.29) is 5.54 Å². The molecule has 0 amide bonds. The van der Waals surface area contributed by atoms with Crippen molar-refractivity contribution in [2.75, 3.05) is 7.05 Å². The van der Waals surface area contributed by atoms with Crippen LogP contribution in [0.1, 0.15) is 38.4 Å². The molecule has 1 heterocycles. The van der Waals surface area contributed by atoms with Gasteiger partial charge in [0.2, 0.25) is 0 Å². The van der Waals surface area contributed by atoms with Crippen molar-refractivity contribution in [3.63, 3.8) is 0 Å². The number of nitrogens with zero attached hydrogens (tertiary/aromatic N) is 3. The maximum absolute atomic E-state index is 8.78. The molecule has 3 heteroatoms. The van der Waals surface area contributed by atoms with E-state index < -0.39 is 0 Å². The van der Waals surface area contributed by atoms with Crippen LogP contribution in [0.15, 0.2) is 18.3 Å². The Balaban J connectivity index is 2.77. The van der Waals surface area contributed by atoms with Gasteiger partial charge in [-0.15, -0.1) is 0 Å². The highest BCUT2D eigenvalue weighted by Gasteiger charge is 2.20. The molecule has 0 N–H and O–H groups in total. The molecule has 0 bridgehead atoms. The molecule has 0 spiro atoms. The first kappa shape index (κ1) is 12.7. The van der Waals surface area contributed by atoms with Gasteiger partial charge in [-0.2, -0.15) is 5.26 Å². The maximum atomic E-state index is 8.78. The third-order valence-electron chi connectivity index (χ3n) is 3.26. The second-order valence-corrected chi connectivity index (χ2v) is 4.68. The van der Waals surface area contributed by atoms with E-state index in [0.29, 0.717) is 5.69 Å². The molecule has 0 aliphatic heterocycles. The number of rotatable bonds is 4. The summed E-state index contributed by atoms with van der Waals surface area (Å²) < 4.78 is 0. The van der Waals surface area contributed by atoms with E-state index in [2.05, 4.69) is 43.8 Å². The fraction of sp³-hybridized carbons (Fsp3) is 0.538. The summed E-state index contributed by atoms with van der Waals surface area (Å²) in [6.07, 6.45) is 2.79. The van der Waals surface area contributed by atoms with Gasteiger partial charge in [0.1, 0.15) is 11.8 Å². The summed E-state index contributed by atoms with van der Waals surface area (Å²) in [5, 5.41) is 8.78. The van der Waals surface area contributed by atoms with E-state index in [1.165, 1.54) is 0 Å². The normalized spacial score (nSPS) is 11.5. The average molecular weight is 217 g/mol. The summed E-state index contributed by atoms with van der Waals surface area (Å²) in [7, 11) is 2.11. The van der Waals surface area contributed by atoms with Gasteiger partial charge in [0.05, 0.1) is 0 Å². The highest BCUT2D eigenvalue weighted by Crippen LogP contribution is 2.19. The van der Waals surface area contributed by atoms with Crippen molar-refractivity contribution in [1.29, 1.82) is 5.26 Å². The molecule has 0 radical (unpaired) electrons. The highest BCUT2D eigenvalue weighted by molar-refractivity contribution is 5.25. The average Bonchev–Trinajstić information content (AvgIpc) is 2.29. The molecule has 0 aliphatic carbocycles. The summed E-state index contributed by atoms with van der Waals surface area (Å²) in [5.74, 6) is 0. The molecule has 86 valence electrons. The molecular weight excluding hydrogens is 198 g/mol. The smallest absolute Gasteiger partial charge is 0.140 e. The summed E-state index contributed by atoms with van der Waals surface area (Å²) in [5.41, 5.74) is 1.80. The first-order valence-corrected chi connectivity index (χ1v) is 5.56. The number of pyridine rings is 1. The molecule has 1 aromatic rings. The van der Waals surface area contributed by atoms with Crippen molar-refractivity contribution in [2.45, 2.75) is 39.3 Å². The van der Waals surface area contributed by atoms with Gasteiger partial charge >= 0.3 is 0 Å². The molecular formula is C13H19N3. The van der Waals surface area contributed by atoms with Crippen LogP contribution in [0.25, 0.3) is 0 Å². The Morgan fingerprint density at radius 1 is 1.50 bits per heavy atom. The Kier molecular flexibility index (Phi) is 4.03. The first-order valence-electron chi connectivity index (χ1n) is 5.56. The number of aromatic nitrogens is 1. The fourth-order valence-corrected chi connectivity index (χ4v) is 1.39. The van der Waals surface area contributed by atoms with Crippen molar-refractivity contribution >= 4 is 0 Å². The van der Waals surface area contributed by atoms with Crippen LogP contribution in [0.2, 0.25) is 0 Å². The molecule has 0 saturated heterocycles. The summed E-state index contributed by atoms with van der Waals surface area (Å²) in [6, 6.07) is 5.87. The lowest BCUT2D eigenvalue weighted by Crippen LogP contribution is -2.39. The minimum atomic E-state index is 0.177. The largest absolute Gasteiger partial charge is 0.297 e. The molecule has 0 fully saturated rings. The van der Waals surface area contributed by atoms with Crippen LogP contribution in [-0.4, -0.2) is 22.5 Å². The minimum Gasteiger partial charge on any atom is -0.297 e. The predicted octanol–water partition coefficient (Wildman–Crippen LogP) is 2.57. The van der Waals surface area contributed by atoms with Gasteiger partial charge in [0.25, 0.3) is 0 Å². The molecule has 0 saturated carbocycles. The monoisotopic (exact) mass is 217 g/mol. The molecule has 3 nitrogen and oxygen atoms in total. The van der Waals surface area contributed by atoms with Crippen molar-refractivity contribution in [3.05, 3.63) is 29.6 Å². The quantitative estimate of drug-likeness (QED) is 0.778. The van der Waals surface area contributed by atoms with Gasteiger partial charge in [-0.25, -0.2) is 4.98 Å². The SMILES string of the molecule is CCC(C)(C)N(C)Cc1ccnc(C#N)c1. The van der Waals surface area contributed by atoms with Crippen LogP contribution < -0.4 is 0 Å². The van der Waals surface area contributed by atoms with Crippen LogP contribution in [0.5, 0.6) is 0 Å². The van der Waals surface area contributed by atoms with Crippen LogP contribution in [0, 0.1) is 11.3 Å². The zero-order valence-corrected chi connectivity index (χ0v) is 10.5. The molecule has 0 atom stereocenters. The number of hydrogen-bond acceptors (Lipinski definition) is 3. The lowest BCUT2D eigenvalue weighted by molar-refractivity contribution is 0.143. The Morgan fingerprint density at radius 2 is 2.19 bits per heavy atom. The van der Waals surface area contributed by atoms with Crippen molar-refractivity contribution in [3.8, 4) is 6.07 Å². The van der Waals surface area contributed by atoms with Crippen molar-refractivity contribution in [1.82, 2.24) is 9.88 Å². The molecule has 0 aromatic carbocycles. The zero-order valence-electron chi connectivity index (χ0n) is 10.5. The summed E-state index contributed by atoms with van der Waals surface area (Å²) in [6.45, 7) is 7.47. The lowest BCUT2D eigenvalue weighted by atomic mass is 9.99. The topological polar surface area (TPSA) is 39.9 Å². The Hall–Kier alpha value is -1.40. The van der Waals surface area contributed by atoms with E-state index in [0.717, 1.165) is 18.5 Å². The standard InChI is InChI=1S/C13H19N3/c1-5-13(2,3)16(4)10-11-6-7-15-12(8-11)9-14/h6-8H,5,10H2,1-4H3. The van der Waals surface area contributed by atoms with E-state index in [9.17, 15) is 0 Å². The van der Waals surface area contributed by atoms with Gasteiger partial charge in [0.15, 0.2) is 0 Å². The van der Waals surface area contributed by atoms with Crippen LogP contribution >= 0.6 is 0 Å². The third kappa shape index (κ3) is 3.04. The van der Waals surface area contributed by atoms with Crippen molar-refractivity contribution in [2.24, 2.45) is 0 Å². The van der Waals surface area contributed by atoms with Crippen LogP contribution in [0.3, 0.4) is 0 Å². The molecule has 1 aromatic heterocycles. The van der Waals surface area contributed by atoms with Crippen LogP contribution in [0.4, 0.5) is 0 Å². The highest BCUT2D eigenvalue weighted by atomic mass is 15.2. The lowest BCUT2D eigenvalue weighted by Gasteiger charge is -2.34. The Morgan fingerprint density at radius 3 is 2.75 bits per heavy atom. The number of nitriles is 1. The van der Waals surface area contributed by atoms with Gasteiger partial charge in [-0.3, -0.25) is 4.90 Å². The van der Waals surface area contributed by atoms with Gasteiger partial charge in [0, 0.05) is 18.3 Å². The van der Waals surface area contributed by atoms with Crippen molar-refractivity contribution < 1.29 is 0 Å². The maximum Gasteiger partial charge on any atom is 0.140 e. The van der Waals surface area contributed by atoms with Crippen LogP contribution in [-0.2, 0) is 6.54 Å². The first-order chi connectivity index (χ1) is 7.49. The van der Waals surface area contributed by atoms with E-state index in [1.807, 2.05) is 12.1 Å².